The van der Waals surface area contributed by atoms with Gasteiger partial charge in [0.25, 0.3) is 0 Å². The van der Waals surface area contributed by atoms with Gasteiger partial charge in [0.1, 0.15) is 12.3 Å². The molecule has 0 radical (unpaired) electrons. The van der Waals surface area contributed by atoms with E-state index in [-0.39, 0.29) is 11.8 Å². The molecular weight excluding hydrogens is 232 g/mol. The molecule has 2 N–H and O–H groups in total. The van der Waals surface area contributed by atoms with Crippen molar-refractivity contribution < 1.29 is 14.4 Å². The molecule has 1 atom stereocenters. The highest BCUT2D eigenvalue weighted by Gasteiger charge is 2.31. The third-order valence-corrected chi connectivity index (χ3v) is 2.77. The largest absolute Gasteiger partial charge is 0.324 e. The molecule has 0 bridgehead atoms. The fourth-order valence-corrected chi connectivity index (χ4v) is 1.59. The van der Waals surface area contributed by atoms with Crippen molar-refractivity contribution in [1.29, 1.82) is 0 Å². The van der Waals surface area contributed by atoms with Crippen LogP contribution in [-0.2, 0) is 9.59 Å². The molecule has 18 heavy (non-hydrogen) atoms. The lowest BCUT2D eigenvalue weighted by Crippen LogP contribution is -2.42. The molecule has 1 unspecified atom stereocenters. The topological polar surface area (TPSA) is 75.3 Å². The summed E-state index contributed by atoms with van der Waals surface area (Å²) in [7, 11) is 0. The Labute approximate surface area is 105 Å². The van der Waals surface area contributed by atoms with Gasteiger partial charge in [-0.25, -0.2) is 4.79 Å². The molecule has 1 fully saturated rings. The average molecular weight is 246 g/mol. The van der Waals surface area contributed by atoms with E-state index < -0.39 is 12.1 Å². The number of carbonyl (C=O) groups is 3. The summed E-state index contributed by atoms with van der Waals surface area (Å²) >= 11 is 0. The van der Waals surface area contributed by atoms with Gasteiger partial charge in [-0.05, 0) is 18.4 Å². The summed E-state index contributed by atoms with van der Waals surface area (Å²) in [5, 5.41) is 4.69. The molecule has 1 aromatic rings. The number of amides is 3. The predicted octanol–water partition coefficient (Wildman–Crippen LogP) is 1.16. The third-order valence-electron chi connectivity index (χ3n) is 2.77. The SMILES string of the molecule is O=CC(NC(=O)NC(=O)C1CC1)c1ccccc1. The first-order valence-electron chi connectivity index (χ1n) is 5.82. The average Bonchev–Trinajstić information content (AvgIpc) is 3.21. The third kappa shape index (κ3) is 3.16. The minimum Gasteiger partial charge on any atom is -0.324 e. The normalized spacial score (nSPS) is 15.6. The van der Waals surface area contributed by atoms with Gasteiger partial charge in [-0.15, -0.1) is 0 Å². The van der Waals surface area contributed by atoms with Gasteiger partial charge < -0.3 is 10.1 Å². The Balaban J connectivity index is 1.91. The Morgan fingerprint density at radius 3 is 2.44 bits per heavy atom. The number of aldehydes is 1. The molecule has 0 heterocycles. The molecular formula is C13H14N2O3. The zero-order chi connectivity index (χ0) is 13.0. The second-order valence-electron chi connectivity index (χ2n) is 4.26. The van der Waals surface area contributed by atoms with E-state index in [2.05, 4.69) is 10.6 Å². The van der Waals surface area contributed by atoms with E-state index in [9.17, 15) is 14.4 Å². The first-order valence-corrected chi connectivity index (χ1v) is 5.82. The highest BCUT2D eigenvalue weighted by Crippen LogP contribution is 2.28. The number of nitrogens with one attached hydrogen (secondary N) is 2. The van der Waals surface area contributed by atoms with Crippen molar-refractivity contribution in [2.24, 2.45) is 5.92 Å². The Morgan fingerprint density at radius 1 is 1.22 bits per heavy atom. The zero-order valence-electron chi connectivity index (χ0n) is 9.76. The first kappa shape index (κ1) is 12.3. The molecule has 1 saturated carbocycles. The van der Waals surface area contributed by atoms with Gasteiger partial charge in [0.2, 0.25) is 5.91 Å². The smallest absolute Gasteiger partial charge is 0.322 e. The summed E-state index contributed by atoms with van der Waals surface area (Å²) in [5.74, 6) is -0.313. The summed E-state index contributed by atoms with van der Waals surface area (Å²) in [4.78, 5) is 33.8. The van der Waals surface area contributed by atoms with Crippen molar-refractivity contribution in [3.05, 3.63) is 35.9 Å². The van der Waals surface area contributed by atoms with E-state index in [0.717, 1.165) is 12.8 Å². The van der Waals surface area contributed by atoms with Crippen LogP contribution >= 0.6 is 0 Å². The number of rotatable bonds is 4. The maximum atomic E-state index is 11.5. The van der Waals surface area contributed by atoms with Crippen LogP contribution in [0, 0.1) is 5.92 Å². The number of benzene rings is 1. The van der Waals surface area contributed by atoms with Crippen LogP contribution in [0.2, 0.25) is 0 Å². The maximum absolute atomic E-state index is 11.5. The molecule has 1 aromatic carbocycles. The van der Waals surface area contributed by atoms with E-state index >= 15 is 0 Å². The van der Waals surface area contributed by atoms with Crippen molar-refractivity contribution in [3.8, 4) is 0 Å². The van der Waals surface area contributed by atoms with Gasteiger partial charge in [-0.1, -0.05) is 30.3 Å². The standard InChI is InChI=1S/C13H14N2O3/c16-8-11(9-4-2-1-3-5-9)14-13(18)15-12(17)10-6-7-10/h1-5,8,10-11H,6-7H2,(H2,14,15,17,18). The second kappa shape index (κ2) is 5.44. The Kier molecular flexibility index (Phi) is 3.72. The van der Waals surface area contributed by atoms with Gasteiger partial charge in [0, 0.05) is 5.92 Å². The van der Waals surface area contributed by atoms with Gasteiger partial charge in [0.15, 0.2) is 0 Å². The van der Waals surface area contributed by atoms with Crippen molar-refractivity contribution in [2.45, 2.75) is 18.9 Å². The minimum absolute atomic E-state index is 0.0397. The fraction of sp³-hybridized carbons (Fsp3) is 0.308. The molecule has 3 amide bonds. The Morgan fingerprint density at radius 2 is 1.89 bits per heavy atom. The van der Waals surface area contributed by atoms with E-state index in [1.807, 2.05) is 6.07 Å². The van der Waals surface area contributed by atoms with Crippen molar-refractivity contribution >= 4 is 18.2 Å². The van der Waals surface area contributed by atoms with Crippen LogP contribution in [-0.4, -0.2) is 18.2 Å². The monoisotopic (exact) mass is 246 g/mol. The van der Waals surface area contributed by atoms with Crippen LogP contribution in [0.3, 0.4) is 0 Å². The highest BCUT2D eigenvalue weighted by atomic mass is 16.2. The molecule has 94 valence electrons. The summed E-state index contributed by atoms with van der Waals surface area (Å²) in [6.45, 7) is 0. The predicted molar refractivity (Wildman–Crippen MR) is 64.6 cm³/mol. The van der Waals surface area contributed by atoms with E-state index in [4.69, 9.17) is 0 Å². The maximum Gasteiger partial charge on any atom is 0.322 e. The van der Waals surface area contributed by atoms with E-state index in [0.29, 0.717) is 11.8 Å². The number of urea groups is 1. The minimum atomic E-state index is -0.738. The van der Waals surface area contributed by atoms with Crippen LogP contribution in [0.5, 0.6) is 0 Å². The van der Waals surface area contributed by atoms with Crippen LogP contribution in [0.1, 0.15) is 24.4 Å². The molecule has 0 spiro atoms. The molecule has 0 aliphatic heterocycles. The van der Waals surface area contributed by atoms with Gasteiger partial charge >= 0.3 is 6.03 Å². The molecule has 1 aliphatic rings. The molecule has 0 saturated heterocycles. The fourth-order valence-electron chi connectivity index (χ4n) is 1.59. The van der Waals surface area contributed by atoms with Crippen molar-refractivity contribution in [1.82, 2.24) is 10.6 Å². The van der Waals surface area contributed by atoms with Crippen LogP contribution < -0.4 is 10.6 Å². The summed E-state index contributed by atoms with van der Waals surface area (Å²) < 4.78 is 0. The lowest BCUT2D eigenvalue weighted by atomic mass is 10.1. The van der Waals surface area contributed by atoms with E-state index in [1.54, 1.807) is 24.3 Å². The highest BCUT2D eigenvalue weighted by molar-refractivity contribution is 5.97. The zero-order valence-corrected chi connectivity index (χ0v) is 9.76. The lowest BCUT2D eigenvalue weighted by molar-refractivity contribution is -0.121. The molecule has 2 rings (SSSR count). The first-order chi connectivity index (χ1) is 8.70. The van der Waals surface area contributed by atoms with Gasteiger partial charge in [0.05, 0.1) is 0 Å². The second-order valence-corrected chi connectivity index (χ2v) is 4.26. The van der Waals surface area contributed by atoms with Crippen LogP contribution in [0.15, 0.2) is 30.3 Å². The van der Waals surface area contributed by atoms with Gasteiger partial charge in [-0.3, -0.25) is 10.1 Å². The van der Waals surface area contributed by atoms with Crippen LogP contribution in [0.4, 0.5) is 4.79 Å². The quantitative estimate of drug-likeness (QED) is 0.783. The lowest BCUT2D eigenvalue weighted by Gasteiger charge is -2.13. The molecule has 5 heteroatoms. The summed E-state index contributed by atoms with van der Waals surface area (Å²) in [6.07, 6.45) is 2.29. The number of hydrogen-bond acceptors (Lipinski definition) is 3. The summed E-state index contributed by atoms with van der Waals surface area (Å²) in [5.41, 5.74) is 0.682. The Hall–Kier alpha value is -2.17. The molecule has 1 aliphatic carbocycles. The van der Waals surface area contributed by atoms with Crippen molar-refractivity contribution in [2.75, 3.05) is 0 Å². The van der Waals surface area contributed by atoms with Crippen molar-refractivity contribution in [3.63, 3.8) is 0 Å². The molecule has 0 aromatic heterocycles. The Bertz CT molecular complexity index is 455. The van der Waals surface area contributed by atoms with Gasteiger partial charge in [-0.2, -0.15) is 0 Å². The molecule has 5 nitrogen and oxygen atoms in total. The number of hydrogen-bond donors (Lipinski definition) is 2. The number of carbonyl (C=O) groups excluding carboxylic acids is 3. The summed E-state index contributed by atoms with van der Waals surface area (Å²) in [6, 6.07) is 7.49. The van der Waals surface area contributed by atoms with Crippen LogP contribution in [0.25, 0.3) is 0 Å². The van der Waals surface area contributed by atoms with E-state index in [1.165, 1.54) is 0 Å². The number of imide groups is 1.